The summed E-state index contributed by atoms with van der Waals surface area (Å²) in [5.74, 6) is 0.564. The van der Waals surface area contributed by atoms with Crippen molar-refractivity contribution in [2.45, 2.75) is 13.5 Å². The molecule has 136 valence electrons. The van der Waals surface area contributed by atoms with Gasteiger partial charge in [0.2, 0.25) is 0 Å². The van der Waals surface area contributed by atoms with E-state index in [4.69, 9.17) is 10.7 Å². The van der Waals surface area contributed by atoms with Gasteiger partial charge in [0.05, 0.1) is 23.3 Å². The molecule has 1 aliphatic rings. The molecular formula is C19H19N7O. The molecule has 0 aliphatic heterocycles. The van der Waals surface area contributed by atoms with Crippen LogP contribution in [0.3, 0.4) is 0 Å². The van der Waals surface area contributed by atoms with Crippen molar-refractivity contribution in [3.63, 3.8) is 0 Å². The lowest BCUT2D eigenvalue weighted by molar-refractivity contribution is -0.111. The molecule has 0 spiro atoms. The zero-order valence-corrected chi connectivity index (χ0v) is 14.8. The molecule has 3 heterocycles. The first-order chi connectivity index (χ1) is 13.1. The largest absolute Gasteiger partial charge is 0.397 e. The van der Waals surface area contributed by atoms with Crippen LogP contribution in [0.2, 0.25) is 0 Å². The summed E-state index contributed by atoms with van der Waals surface area (Å²) < 4.78 is 3.75. The summed E-state index contributed by atoms with van der Waals surface area (Å²) in [5.41, 5.74) is 9.07. The summed E-state index contributed by atoms with van der Waals surface area (Å²) in [7, 11) is 0. The lowest BCUT2D eigenvalue weighted by atomic mass is 10.0. The number of nitrogens with zero attached hydrogens (tertiary/aromatic N) is 5. The van der Waals surface area contributed by atoms with E-state index >= 15 is 0 Å². The zero-order chi connectivity index (χ0) is 18.8. The number of nitrogens with two attached hydrogens (primary N) is 1. The second kappa shape index (κ2) is 6.91. The quantitative estimate of drug-likeness (QED) is 0.678. The molecule has 0 fully saturated rings. The molecule has 1 aliphatic carbocycles. The molecule has 0 saturated heterocycles. The molecular weight excluding hydrogens is 342 g/mol. The minimum absolute atomic E-state index is 0.0926. The summed E-state index contributed by atoms with van der Waals surface area (Å²) in [6.07, 6.45) is 10.4. The molecule has 0 radical (unpaired) electrons. The standard InChI is InChI=1S/C19H19N7O/c1-13-10-15(14(20)11-17(13)27)23-18-16-4-2-3-7-26(16)24-19(18)22-6-9-25-8-5-21-12-25/h2-5,7-8,10-12H,6,9,20H2,1H3,(H,22,24)/b23-15+. The topological polar surface area (TPSA) is 103 Å². The highest BCUT2D eigenvalue weighted by molar-refractivity contribution is 6.22. The third-order valence-electron chi connectivity index (χ3n) is 4.29. The van der Waals surface area contributed by atoms with E-state index in [0.29, 0.717) is 35.0 Å². The summed E-state index contributed by atoms with van der Waals surface area (Å²) in [5, 5.41) is 7.91. The van der Waals surface area contributed by atoms with E-state index in [2.05, 4.69) is 15.4 Å². The molecule has 0 aromatic carbocycles. The van der Waals surface area contributed by atoms with Gasteiger partial charge in [0.1, 0.15) is 5.69 Å². The third-order valence-corrected chi connectivity index (χ3v) is 4.29. The van der Waals surface area contributed by atoms with Gasteiger partial charge in [0.25, 0.3) is 0 Å². The number of anilines is 1. The molecule has 8 nitrogen and oxygen atoms in total. The Labute approximate surface area is 155 Å². The Balaban J connectivity index is 1.69. The van der Waals surface area contributed by atoms with Crippen LogP contribution in [-0.2, 0) is 11.3 Å². The Bertz CT molecular complexity index is 1090. The van der Waals surface area contributed by atoms with Gasteiger partial charge in [0, 0.05) is 37.8 Å². The fourth-order valence-electron chi connectivity index (χ4n) is 2.84. The fourth-order valence-corrected chi connectivity index (χ4v) is 2.84. The van der Waals surface area contributed by atoms with E-state index in [9.17, 15) is 4.79 Å². The van der Waals surface area contributed by atoms with Crippen LogP contribution in [0.15, 0.2) is 71.5 Å². The third kappa shape index (κ3) is 3.37. The number of allylic oxidation sites excluding steroid dienone is 3. The minimum Gasteiger partial charge on any atom is -0.397 e. The Morgan fingerprint density at radius 3 is 2.96 bits per heavy atom. The summed E-state index contributed by atoms with van der Waals surface area (Å²) in [4.78, 5) is 20.5. The molecule has 0 amide bonds. The van der Waals surface area contributed by atoms with Crippen molar-refractivity contribution in [2.75, 3.05) is 11.9 Å². The lowest BCUT2D eigenvalue weighted by Crippen LogP contribution is -2.17. The molecule has 0 saturated carbocycles. The van der Waals surface area contributed by atoms with Gasteiger partial charge in [-0.2, -0.15) is 0 Å². The number of carbonyl (C=O) groups is 1. The number of nitrogens with one attached hydrogen (secondary N) is 1. The van der Waals surface area contributed by atoms with Gasteiger partial charge in [-0.15, -0.1) is 5.10 Å². The van der Waals surface area contributed by atoms with Gasteiger partial charge in [0.15, 0.2) is 11.6 Å². The van der Waals surface area contributed by atoms with Gasteiger partial charge in [-0.3, -0.25) is 4.79 Å². The number of pyridine rings is 1. The van der Waals surface area contributed by atoms with E-state index < -0.39 is 0 Å². The van der Waals surface area contributed by atoms with Crippen molar-refractivity contribution >= 4 is 28.5 Å². The molecule has 3 N–H and O–H groups in total. The maximum absolute atomic E-state index is 11.8. The first-order valence-corrected chi connectivity index (χ1v) is 8.57. The number of hydrogen-bond donors (Lipinski definition) is 2. The van der Waals surface area contributed by atoms with Crippen LogP contribution in [0, 0.1) is 0 Å². The molecule has 8 heteroatoms. The van der Waals surface area contributed by atoms with Crippen LogP contribution in [0.5, 0.6) is 0 Å². The summed E-state index contributed by atoms with van der Waals surface area (Å²) >= 11 is 0. The van der Waals surface area contributed by atoms with E-state index in [1.165, 1.54) is 6.08 Å². The van der Waals surface area contributed by atoms with Gasteiger partial charge in [-0.05, 0) is 30.7 Å². The molecule has 0 bridgehead atoms. The predicted molar refractivity (Wildman–Crippen MR) is 104 cm³/mol. The Hall–Kier alpha value is -3.68. The van der Waals surface area contributed by atoms with Crippen molar-refractivity contribution in [1.29, 1.82) is 0 Å². The Morgan fingerprint density at radius 1 is 1.26 bits per heavy atom. The van der Waals surface area contributed by atoms with E-state index in [-0.39, 0.29) is 5.78 Å². The molecule has 0 atom stereocenters. The second-order valence-corrected chi connectivity index (χ2v) is 6.24. The first-order valence-electron chi connectivity index (χ1n) is 8.57. The van der Waals surface area contributed by atoms with Crippen LogP contribution in [0.25, 0.3) is 5.52 Å². The molecule has 27 heavy (non-hydrogen) atoms. The summed E-state index contributed by atoms with van der Waals surface area (Å²) in [6.45, 7) is 3.16. The first kappa shape index (κ1) is 16.8. The van der Waals surface area contributed by atoms with Crippen LogP contribution < -0.4 is 11.1 Å². The van der Waals surface area contributed by atoms with E-state index in [0.717, 1.165) is 12.1 Å². The van der Waals surface area contributed by atoms with Crippen molar-refractivity contribution in [2.24, 2.45) is 10.7 Å². The number of ketones is 1. The monoisotopic (exact) mass is 361 g/mol. The van der Waals surface area contributed by atoms with Crippen molar-refractivity contribution in [3.05, 3.63) is 66.5 Å². The second-order valence-electron chi connectivity index (χ2n) is 6.24. The lowest BCUT2D eigenvalue weighted by Gasteiger charge is -2.10. The van der Waals surface area contributed by atoms with Gasteiger partial charge in [-0.25, -0.2) is 14.5 Å². The van der Waals surface area contributed by atoms with Crippen LogP contribution in [0.4, 0.5) is 11.5 Å². The van der Waals surface area contributed by atoms with E-state index in [1.807, 2.05) is 35.2 Å². The molecule has 3 aromatic heterocycles. The van der Waals surface area contributed by atoms with Gasteiger partial charge in [-0.1, -0.05) is 6.07 Å². The number of carbonyl (C=O) groups excluding carboxylic acids is 1. The number of rotatable bonds is 5. The average molecular weight is 361 g/mol. The van der Waals surface area contributed by atoms with Crippen LogP contribution in [0.1, 0.15) is 6.92 Å². The zero-order valence-electron chi connectivity index (χ0n) is 14.8. The van der Waals surface area contributed by atoms with Crippen molar-refractivity contribution in [3.8, 4) is 0 Å². The number of hydrogen-bond acceptors (Lipinski definition) is 6. The molecule has 3 aromatic rings. The molecule has 4 rings (SSSR count). The minimum atomic E-state index is -0.0926. The highest BCUT2D eigenvalue weighted by Gasteiger charge is 2.17. The number of aromatic nitrogens is 4. The number of fused-ring (bicyclic) bond motifs is 1. The van der Waals surface area contributed by atoms with Gasteiger partial charge >= 0.3 is 0 Å². The highest BCUT2D eigenvalue weighted by Crippen LogP contribution is 2.30. The normalized spacial score (nSPS) is 15.9. The van der Waals surface area contributed by atoms with Crippen molar-refractivity contribution in [1.82, 2.24) is 19.2 Å². The fraction of sp³-hybridized carbons (Fsp3) is 0.158. The maximum Gasteiger partial charge on any atom is 0.183 e. The van der Waals surface area contributed by atoms with Crippen molar-refractivity contribution < 1.29 is 4.79 Å². The van der Waals surface area contributed by atoms with E-state index in [1.54, 1.807) is 30.0 Å². The van der Waals surface area contributed by atoms with Gasteiger partial charge < -0.3 is 15.6 Å². The van der Waals surface area contributed by atoms with Crippen LogP contribution in [-0.4, -0.2) is 37.2 Å². The number of aliphatic imine (C=N–C) groups is 1. The SMILES string of the molecule is CC1=C/C(=N\c2c(NCCn3ccnc3)nn3ccccc23)C(N)=CC1=O. The maximum atomic E-state index is 11.8. The average Bonchev–Trinajstić information content (AvgIpc) is 3.28. The molecule has 0 unspecified atom stereocenters. The summed E-state index contributed by atoms with van der Waals surface area (Å²) in [6, 6.07) is 5.78. The Morgan fingerprint density at radius 2 is 2.15 bits per heavy atom. The number of imidazole rings is 1. The smallest absolute Gasteiger partial charge is 0.183 e. The highest BCUT2D eigenvalue weighted by atomic mass is 16.1. The Kier molecular flexibility index (Phi) is 4.29. The predicted octanol–water partition coefficient (Wildman–Crippen LogP) is 2.09. The van der Waals surface area contributed by atoms with Crippen LogP contribution >= 0.6 is 0 Å².